The number of nitrogens with zero attached hydrogens (tertiary/aromatic N) is 3. The van der Waals surface area contributed by atoms with Crippen molar-refractivity contribution < 1.29 is 30.7 Å². The summed E-state index contributed by atoms with van der Waals surface area (Å²) < 4.78 is 89.8. The molecule has 1 heterocycles. The maximum absolute atomic E-state index is 14.0. The molecule has 11 heteroatoms. The van der Waals surface area contributed by atoms with Crippen molar-refractivity contribution in [3.8, 4) is 0 Å². The average Bonchev–Trinajstić information content (AvgIpc) is 2.83. The molecule has 0 fully saturated rings. The minimum atomic E-state index is -5.17. The molecule has 2 N–H and O–H groups in total. The van der Waals surface area contributed by atoms with Crippen LogP contribution >= 0.6 is 0 Å². The molecular weight excluding hydrogens is 333 g/mol. The van der Waals surface area contributed by atoms with E-state index in [1.54, 1.807) is 0 Å². The summed E-state index contributed by atoms with van der Waals surface area (Å²) in [6.45, 7) is 0.423. The highest BCUT2D eigenvalue weighted by molar-refractivity contribution is 5.48. The number of nitrogen functional groups attached to an aromatic ring is 1. The molecule has 0 aliphatic carbocycles. The van der Waals surface area contributed by atoms with Gasteiger partial charge in [-0.2, -0.15) is 31.3 Å². The number of hydrogen-bond donors (Lipinski definition) is 1. The van der Waals surface area contributed by atoms with Crippen molar-refractivity contribution in [3.63, 3.8) is 0 Å². The van der Waals surface area contributed by atoms with E-state index >= 15 is 0 Å². The zero-order chi connectivity index (χ0) is 17.6. The molecule has 0 bridgehead atoms. The number of rotatable bonds is 2. The first-order valence-corrected chi connectivity index (χ1v) is 6.04. The number of hydrogen-bond acceptors (Lipinski definition) is 3. The van der Waals surface area contributed by atoms with Crippen molar-refractivity contribution in [2.45, 2.75) is 25.8 Å². The van der Waals surface area contributed by atoms with Gasteiger partial charge in [0.2, 0.25) is 5.82 Å². The third-order valence-electron chi connectivity index (χ3n) is 3.01. The monoisotopic (exact) mass is 342 g/mol. The second-order valence-corrected chi connectivity index (χ2v) is 4.67. The van der Waals surface area contributed by atoms with Crippen LogP contribution in [-0.2, 0) is 18.9 Å². The Balaban J connectivity index is 2.51. The molecule has 0 saturated carbocycles. The van der Waals surface area contributed by atoms with Crippen molar-refractivity contribution in [2.24, 2.45) is 0 Å². The second kappa shape index (κ2) is 5.39. The molecule has 1 aromatic heterocycles. The molecule has 0 spiro atoms. The molecule has 0 aliphatic rings. The molecule has 2 aromatic rings. The van der Waals surface area contributed by atoms with Crippen molar-refractivity contribution in [1.29, 1.82) is 0 Å². The summed E-state index contributed by atoms with van der Waals surface area (Å²) in [6, 6.07) is 2.31. The number of aromatic nitrogens is 3. The summed E-state index contributed by atoms with van der Waals surface area (Å²) in [7, 11) is 0. The first kappa shape index (κ1) is 17.0. The third-order valence-corrected chi connectivity index (χ3v) is 3.01. The van der Waals surface area contributed by atoms with Gasteiger partial charge in [-0.15, -0.1) is 5.10 Å². The predicted octanol–water partition coefficient (Wildman–Crippen LogP) is 3.39. The Labute approximate surface area is 124 Å². The van der Waals surface area contributed by atoms with Crippen LogP contribution in [-0.4, -0.2) is 14.8 Å². The number of halogens is 7. The van der Waals surface area contributed by atoms with Crippen LogP contribution in [0.15, 0.2) is 12.1 Å². The molecule has 23 heavy (non-hydrogen) atoms. The quantitative estimate of drug-likeness (QED) is 0.672. The SMILES string of the molecule is Cc1c(N)ccc(Cn2nc(C(F)(F)F)nc2C(F)(F)F)c1F. The molecule has 0 amide bonds. The normalized spacial score (nSPS) is 12.7. The Morgan fingerprint density at radius 2 is 1.70 bits per heavy atom. The fourth-order valence-electron chi connectivity index (χ4n) is 1.82. The zero-order valence-corrected chi connectivity index (χ0v) is 11.4. The van der Waals surface area contributed by atoms with Crippen LogP contribution in [0.2, 0.25) is 0 Å². The van der Waals surface area contributed by atoms with Gasteiger partial charge in [0.25, 0.3) is 5.82 Å². The zero-order valence-electron chi connectivity index (χ0n) is 11.4. The molecule has 126 valence electrons. The van der Waals surface area contributed by atoms with Gasteiger partial charge in [-0.1, -0.05) is 6.07 Å². The molecule has 1 aromatic carbocycles. The third kappa shape index (κ3) is 3.37. The Kier molecular flexibility index (Phi) is 3.99. The molecule has 2 rings (SSSR count). The van der Waals surface area contributed by atoms with E-state index in [1.165, 1.54) is 13.0 Å². The van der Waals surface area contributed by atoms with Crippen molar-refractivity contribution in [3.05, 3.63) is 40.7 Å². The van der Waals surface area contributed by atoms with E-state index in [0.717, 1.165) is 6.07 Å². The Morgan fingerprint density at radius 3 is 2.22 bits per heavy atom. The van der Waals surface area contributed by atoms with Crippen molar-refractivity contribution in [1.82, 2.24) is 14.8 Å². The van der Waals surface area contributed by atoms with Crippen LogP contribution in [0, 0.1) is 12.7 Å². The number of benzene rings is 1. The maximum Gasteiger partial charge on any atom is 0.453 e. The number of alkyl halides is 6. The molecule has 0 unspecified atom stereocenters. The minimum Gasteiger partial charge on any atom is -0.398 e. The van der Waals surface area contributed by atoms with Crippen LogP contribution in [0.1, 0.15) is 22.8 Å². The van der Waals surface area contributed by atoms with Gasteiger partial charge in [-0.3, -0.25) is 0 Å². The lowest BCUT2D eigenvalue weighted by Gasteiger charge is -2.11. The lowest BCUT2D eigenvalue weighted by Crippen LogP contribution is -2.17. The van der Waals surface area contributed by atoms with Crippen LogP contribution in [0.4, 0.5) is 36.4 Å². The van der Waals surface area contributed by atoms with E-state index in [2.05, 4.69) is 10.1 Å². The standard InChI is InChI=1S/C12H9F7N4/c1-5-7(20)3-2-6(8(5)13)4-23-10(12(17,18)19)21-9(22-23)11(14,15)16/h2-3H,4,20H2,1H3. The highest BCUT2D eigenvalue weighted by Gasteiger charge is 2.44. The first-order valence-electron chi connectivity index (χ1n) is 6.04. The fraction of sp³-hybridized carbons (Fsp3) is 0.333. The van der Waals surface area contributed by atoms with E-state index in [4.69, 9.17) is 5.73 Å². The van der Waals surface area contributed by atoms with E-state index in [9.17, 15) is 30.7 Å². The summed E-state index contributed by atoms with van der Waals surface area (Å²) in [4.78, 5) is 2.47. The van der Waals surface area contributed by atoms with E-state index < -0.39 is 36.4 Å². The summed E-state index contributed by atoms with van der Waals surface area (Å²) in [5.41, 5.74) is 5.19. The largest absolute Gasteiger partial charge is 0.453 e. The van der Waals surface area contributed by atoms with Crippen LogP contribution in [0.5, 0.6) is 0 Å². The topological polar surface area (TPSA) is 56.7 Å². The molecule has 4 nitrogen and oxygen atoms in total. The summed E-state index contributed by atoms with van der Waals surface area (Å²) >= 11 is 0. The molecule has 0 aliphatic heterocycles. The van der Waals surface area contributed by atoms with Crippen molar-refractivity contribution >= 4 is 5.69 Å². The lowest BCUT2D eigenvalue weighted by atomic mass is 10.1. The van der Waals surface area contributed by atoms with Gasteiger partial charge in [0.1, 0.15) is 5.82 Å². The Morgan fingerprint density at radius 1 is 1.09 bits per heavy atom. The highest BCUT2D eigenvalue weighted by Crippen LogP contribution is 2.33. The Hall–Kier alpha value is -2.33. The van der Waals surface area contributed by atoms with Gasteiger partial charge in [0.15, 0.2) is 0 Å². The molecule has 0 radical (unpaired) electrons. The molecule has 0 saturated heterocycles. The van der Waals surface area contributed by atoms with Crippen LogP contribution in [0.25, 0.3) is 0 Å². The first-order chi connectivity index (χ1) is 10.4. The average molecular weight is 342 g/mol. The van der Waals surface area contributed by atoms with E-state index in [-0.39, 0.29) is 21.5 Å². The van der Waals surface area contributed by atoms with Gasteiger partial charge >= 0.3 is 12.4 Å². The van der Waals surface area contributed by atoms with Crippen LogP contribution in [0.3, 0.4) is 0 Å². The van der Waals surface area contributed by atoms with Crippen molar-refractivity contribution in [2.75, 3.05) is 5.73 Å². The van der Waals surface area contributed by atoms with E-state index in [0.29, 0.717) is 0 Å². The van der Waals surface area contributed by atoms with Gasteiger partial charge < -0.3 is 5.73 Å². The smallest absolute Gasteiger partial charge is 0.398 e. The molecular formula is C12H9F7N4. The van der Waals surface area contributed by atoms with Crippen LogP contribution < -0.4 is 5.73 Å². The van der Waals surface area contributed by atoms with Gasteiger partial charge in [-0.05, 0) is 13.0 Å². The van der Waals surface area contributed by atoms with Gasteiger partial charge in [0, 0.05) is 16.8 Å². The number of anilines is 1. The fourth-order valence-corrected chi connectivity index (χ4v) is 1.82. The summed E-state index contributed by atoms with van der Waals surface area (Å²) in [6.07, 6.45) is -10.3. The highest BCUT2D eigenvalue weighted by atomic mass is 19.4. The summed E-state index contributed by atoms with van der Waals surface area (Å²) in [5.74, 6) is -4.72. The number of nitrogens with two attached hydrogens (primary N) is 1. The maximum atomic E-state index is 14.0. The van der Waals surface area contributed by atoms with Gasteiger partial charge in [0.05, 0.1) is 6.54 Å². The lowest BCUT2D eigenvalue weighted by molar-refractivity contribution is -0.150. The van der Waals surface area contributed by atoms with E-state index in [1.807, 2.05) is 0 Å². The predicted molar refractivity (Wildman–Crippen MR) is 64.7 cm³/mol. The van der Waals surface area contributed by atoms with Gasteiger partial charge in [-0.25, -0.2) is 9.07 Å². The minimum absolute atomic E-state index is 0.0211. The summed E-state index contributed by atoms with van der Waals surface area (Å²) in [5, 5.41) is 2.80. The second-order valence-electron chi connectivity index (χ2n) is 4.67. The Bertz CT molecular complexity index is 730. The molecule has 0 atom stereocenters.